The Morgan fingerprint density at radius 1 is 1.25 bits per heavy atom. The van der Waals surface area contributed by atoms with E-state index in [1.54, 1.807) is 23.4 Å². The van der Waals surface area contributed by atoms with Crippen LogP contribution in [0.15, 0.2) is 35.6 Å². The molecule has 0 atom stereocenters. The van der Waals surface area contributed by atoms with Crippen molar-refractivity contribution >= 4 is 15.9 Å². The van der Waals surface area contributed by atoms with Crippen molar-refractivity contribution in [2.24, 2.45) is 0 Å². The van der Waals surface area contributed by atoms with Crippen LogP contribution in [0, 0.1) is 0 Å². The Bertz CT molecular complexity index is 370. The first-order valence-corrected chi connectivity index (χ1v) is 4.13. The maximum atomic E-state index is 4.08. The van der Waals surface area contributed by atoms with Crippen molar-refractivity contribution in [3.8, 4) is 5.69 Å². The van der Waals surface area contributed by atoms with E-state index in [4.69, 9.17) is 0 Å². The molecule has 0 radical (unpaired) electrons. The molecule has 0 aliphatic carbocycles. The minimum absolute atomic E-state index is 0.583. The van der Waals surface area contributed by atoms with Gasteiger partial charge in [-0.3, -0.25) is 4.98 Å². The highest BCUT2D eigenvalue weighted by Gasteiger charge is 1.97. The van der Waals surface area contributed by atoms with E-state index in [2.05, 4.69) is 31.0 Å². The minimum atomic E-state index is 0.583. The van der Waals surface area contributed by atoms with E-state index in [0.29, 0.717) is 4.73 Å². The molecule has 0 aliphatic heterocycles. The monoisotopic (exact) mass is 224 g/mol. The second kappa shape index (κ2) is 3.02. The number of rotatable bonds is 1. The quantitative estimate of drug-likeness (QED) is 0.737. The predicted octanol–water partition coefficient (Wildman–Crippen LogP) is 1.42. The summed E-state index contributed by atoms with van der Waals surface area (Å²) in [6.07, 6.45) is 5.06. The van der Waals surface area contributed by atoms with Crippen molar-refractivity contribution in [1.29, 1.82) is 0 Å². The zero-order chi connectivity index (χ0) is 8.39. The Labute approximate surface area is 77.4 Å². The summed E-state index contributed by atoms with van der Waals surface area (Å²) < 4.78 is 2.26. The lowest BCUT2D eigenvalue weighted by molar-refractivity contribution is 0.867. The Morgan fingerprint density at radius 2 is 2.00 bits per heavy atom. The van der Waals surface area contributed by atoms with E-state index in [9.17, 15) is 0 Å². The first-order valence-electron chi connectivity index (χ1n) is 3.34. The van der Waals surface area contributed by atoms with Crippen molar-refractivity contribution < 1.29 is 0 Å². The highest BCUT2D eigenvalue weighted by Crippen LogP contribution is 2.05. The SMILES string of the molecule is Brc1ncn(-c2ccncc2)n1. The third kappa shape index (κ3) is 1.35. The fourth-order valence-corrected chi connectivity index (χ4v) is 1.13. The van der Waals surface area contributed by atoms with E-state index in [0.717, 1.165) is 5.69 Å². The molecule has 0 spiro atoms. The van der Waals surface area contributed by atoms with E-state index in [-0.39, 0.29) is 0 Å². The largest absolute Gasteiger partial charge is 0.265 e. The molecule has 0 N–H and O–H groups in total. The smallest absolute Gasteiger partial charge is 0.217 e. The predicted molar refractivity (Wildman–Crippen MR) is 46.9 cm³/mol. The van der Waals surface area contributed by atoms with E-state index in [1.165, 1.54) is 0 Å². The number of aromatic nitrogens is 4. The topological polar surface area (TPSA) is 43.6 Å². The molecule has 2 aromatic heterocycles. The summed E-state index contributed by atoms with van der Waals surface area (Å²) >= 11 is 3.17. The summed E-state index contributed by atoms with van der Waals surface area (Å²) in [6.45, 7) is 0. The fraction of sp³-hybridized carbons (Fsp3) is 0. The lowest BCUT2D eigenvalue weighted by Crippen LogP contribution is -1.93. The van der Waals surface area contributed by atoms with E-state index < -0.39 is 0 Å². The molecule has 0 saturated carbocycles. The van der Waals surface area contributed by atoms with Crippen LogP contribution in [0.25, 0.3) is 5.69 Å². The molecule has 0 aliphatic rings. The fourth-order valence-electron chi connectivity index (χ4n) is 0.864. The molecule has 0 saturated heterocycles. The van der Waals surface area contributed by atoms with Gasteiger partial charge in [0, 0.05) is 12.4 Å². The van der Waals surface area contributed by atoms with Crippen molar-refractivity contribution in [2.45, 2.75) is 0 Å². The van der Waals surface area contributed by atoms with Crippen LogP contribution in [0.5, 0.6) is 0 Å². The summed E-state index contributed by atoms with van der Waals surface area (Å²) in [5.74, 6) is 0. The minimum Gasteiger partial charge on any atom is -0.265 e. The van der Waals surface area contributed by atoms with Gasteiger partial charge in [0.05, 0.1) is 5.69 Å². The first kappa shape index (κ1) is 7.42. The summed E-state index contributed by atoms with van der Waals surface area (Å²) in [5, 5.41) is 4.08. The molecule has 0 amide bonds. The van der Waals surface area contributed by atoms with Gasteiger partial charge in [-0.15, -0.1) is 5.10 Å². The van der Waals surface area contributed by atoms with Crippen LogP contribution in [0.3, 0.4) is 0 Å². The average Bonchev–Trinajstić information content (AvgIpc) is 2.54. The van der Waals surface area contributed by atoms with Gasteiger partial charge in [0.25, 0.3) is 0 Å². The molecule has 2 rings (SSSR count). The zero-order valence-electron chi connectivity index (χ0n) is 6.05. The van der Waals surface area contributed by atoms with Crippen LogP contribution in [-0.4, -0.2) is 19.7 Å². The Hall–Kier alpha value is -1.23. The molecule has 0 bridgehead atoms. The second-order valence-electron chi connectivity index (χ2n) is 2.16. The van der Waals surface area contributed by atoms with Crippen molar-refractivity contribution in [3.05, 3.63) is 35.6 Å². The Balaban J connectivity index is 2.45. The molecule has 0 unspecified atom stereocenters. The lowest BCUT2D eigenvalue weighted by Gasteiger charge is -1.96. The van der Waals surface area contributed by atoms with Crippen LogP contribution in [0.1, 0.15) is 0 Å². The maximum absolute atomic E-state index is 4.08. The summed E-state index contributed by atoms with van der Waals surface area (Å²) in [4.78, 5) is 7.85. The van der Waals surface area contributed by atoms with Gasteiger partial charge in [-0.05, 0) is 28.1 Å². The van der Waals surface area contributed by atoms with Crippen molar-refractivity contribution in [3.63, 3.8) is 0 Å². The third-order valence-corrected chi connectivity index (χ3v) is 1.75. The molecule has 5 heteroatoms. The third-order valence-electron chi connectivity index (χ3n) is 1.39. The summed E-state index contributed by atoms with van der Waals surface area (Å²) in [6, 6.07) is 3.72. The van der Waals surface area contributed by atoms with Crippen molar-refractivity contribution in [1.82, 2.24) is 19.7 Å². The molecule has 0 fully saturated rings. The van der Waals surface area contributed by atoms with Gasteiger partial charge in [-0.1, -0.05) is 0 Å². The van der Waals surface area contributed by atoms with Gasteiger partial charge in [0.2, 0.25) is 4.73 Å². The molecule has 2 aromatic rings. The summed E-state index contributed by atoms with van der Waals surface area (Å²) in [7, 11) is 0. The Kier molecular flexibility index (Phi) is 1.87. The van der Waals surface area contributed by atoms with Gasteiger partial charge in [0.1, 0.15) is 6.33 Å². The van der Waals surface area contributed by atoms with Gasteiger partial charge in [-0.2, -0.15) is 0 Å². The van der Waals surface area contributed by atoms with Gasteiger partial charge in [0.15, 0.2) is 0 Å². The van der Waals surface area contributed by atoms with Gasteiger partial charge in [-0.25, -0.2) is 9.67 Å². The molecular weight excluding hydrogens is 220 g/mol. The molecule has 60 valence electrons. The number of pyridine rings is 1. The van der Waals surface area contributed by atoms with Crippen LogP contribution in [-0.2, 0) is 0 Å². The number of nitrogens with zero attached hydrogens (tertiary/aromatic N) is 4. The molecular formula is C7H5BrN4. The average molecular weight is 225 g/mol. The van der Waals surface area contributed by atoms with Crippen LogP contribution >= 0.6 is 15.9 Å². The highest BCUT2D eigenvalue weighted by molar-refractivity contribution is 9.10. The Morgan fingerprint density at radius 3 is 2.58 bits per heavy atom. The van der Waals surface area contributed by atoms with E-state index >= 15 is 0 Å². The summed E-state index contributed by atoms with van der Waals surface area (Å²) in [5.41, 5.74) is 0.947. The van der Waals surface area contributed by atoms with Crippen molar-refractivity contribution in [2.75, 3.05) is 0 Å². The highest BCUT2D eigenvalue weighted by atomic mass is 79.9. The first-order chi connectivity index (χ1) is 5.86. The van der Waals surface area contributed by atoms with Gasteiger partial charge < -0.3 is 0 Å². The zero-order valence-corrected chi connectivity index (χ0v) is 7.64. The molecule has 2 heterocycles. The van der Waals surface area contributed by atoms with Crippen LogP contribution in [0.4, 0.5) is 0 Å². The molecule has 0 aromatic carbocycles. The van der Waals surface area contributed by atoms with Gasteiger partial charge >= 0.3 is 0 Å². The number of halogens is 1. The molecule has 4 nitrogen and oxygen atoms in total. The van der Waals surface area contributed by atoms with Crippen LogP contribution in [0.2, 0.25) is 0 Å². The standard InChI is InChI=1S/C7H5BrN4/c8-7-10-5-12(11-7)6-1-3-9-4-2-6/h1-5H. The second-order valence-corrected chi connectivity index (χ2v) is 2.87. The number of hydrogen-bond acceptors (Lipinski definition) is 3. The van der Waals surface area contributed by atoms with Crippen LogP contribution < -0.4 is 0 Å². The number of hydrogen-bond donors (Lipinski definition) is 0. The normalized spacial score (nSPS) is 10.1. The van der Waals surface area contributed by atoms with E-state index in [1.807, 2.05) is 12.1 Å². The molecule has 12 heavy (non-hydrogen) atoms. The lowest BCUT2D eigenvalue weighted by atomic mass is 10.4. The maximum Gasteiger partial charge on any atom is 0.217 e.